The van der Waals surface area contributed by atoms with E-state index >= 15 is 0 Å². The Morgan fingerprint density at radius 1 is 1.58 bits per heavy atom. The van der Waals surface area contributed by atoms with Gasteiger partial charge in [-0.25, -0.2) is 0 Å². The molecule has 0 aromatic carbocycles. The molecule has 2 aromatic heterocycles. The van der Waals surface area contributed by atoms with Crippen LogP contribution in [-0.4, -0.2) is 33.1 Å². The molecule has 0 amide bonds. The van der Waals surface area contributed by atoms with Gasteiger partial charge in [0.1, 0.15) is 0 Å². The van der Waals surface area contributed by atoms with Gasteiger partial charge < -0.3 is 14.9 Å². The number of fused-ring (bicyclic) bond motifs is 1. The molecule has 0 bridgehead atoms. The van der Waals surface area contributed by atoms with E-state index < -0.39 is 4.92 Å². The van der Waals surface area contributed by atoms with Crippen molar-refractivity contribution in [3.8, 4) is 0 Å². The van der Waals surface area contributed by atoms with E-state index in [4.69, 9.17) is 0 Å². The highest BCUT2D eigenvalue weighted by molar-refractivity contribution is 7.99. The standard InChI is InChI=1S/C11H11N3O4S/c1-18-9(15)5-7-19-10-11(14(16)17)13-6-3-2-4-8(13)12-10/h2-4,6H,5,7H2,1H3. The Hall–Kier alpha value is -2.09. The molecule has 0 atom stereocenters. The lowest BCUT2D eigenvalue weighted by Gasteiger charge is -1.98. The molecule has 7 nitrogen and oxygen atoms in total. The first kappa shape index (κ1) is 13.3. The molecule has 0 saturated heterocycles. The number of imidazole rings is 1. The lowest BCUT2D eigenvalue weighted by Crippen LogP contribution is -2.01. The zero-order chi connectivity index (χ0) is 13.8. The molecule has 2 heterocycles. The molecular formula is C11H11N3O4S. The Balaban J connectivity index is 2.24. The van der Waals surface area contributed by atoms with E-state index in [9.17, 15) is 14.9 Å². The molecule has 0 N–H and O–H groups in total. The molecule has 0 unspecified atom stereocenters. The maximum atomic E-state index is 11.1. The third-order valence-electron chi connectivity index (χ3n) is 2.42. The van der Waals surface area contributed by atoms with Crippen molar-refractivity contribution in [3.63, 3.8) is 0 Å². The van der Waals surface area contributed by atoms with E-state index in [1.165, 1.54) is 23.3 Å². The van der Waals surface area contributed by atoms with Crippen LogP contribution in [0.2, 0.25) is 0 Å². The van der Waals surface area contributed by atoms with Crippen molar-refractivity contribution in [2.75, 3.05) is 12.9 Å². The number of nitrogens with zero attached hydrogens (tertiary/aromatic N) is 3. The molecule has 8 heteroatoms. The predicted octanol–water partition coefficient (Wildman–Crippen LogP) is 1.90. The summed E-state index contributed by atoms with van der Waals surface area (Å²) in [6, 6.07) is 5.15. The van der Waals surface area contributed by atoms with Crippen LogP contribution in [0, 0.1) is 10.1 Å². The molecular weight excluding hydrogens is 270 g/mol. The summed E-state index contributed by atoms with van der Waals surface area (Å²) >= 11 is 1.17. The summed E-state index contributed by atoms with van der Waals surface area (Å²) in [4.78, 5) is 25.8. The highest BCUT2D eigenvalue weighted by Gasteiger charge is 2.22. The number of thioether (sulfide) groups is 1. The largest absolute Gasteiger partial charge is 0.469 e. The molecule has 0 saturated carbocycles. The van der Waals surface area contributed by atoms with Gasteiger partial charge in [0.05, 0.1) is 19.7 Å². The number of rotatable bonds is 5. The summed E-state index contributed by atoms with van der Waals surface area (Å²) in [5, 5.41) is 11.4. The lowest BCUT2D eigenvalue weighted by atomic mass is 10.5. The Labute approximate surface area is 112 Å². The van der Waals surface area contributed by atoms with Gasteiger partial charge in [0.2, 0.25) is 5.65 Å². The Bertz CT molecular complexity index is 625. The number of aromatic nitrogens is 2. The number of carbonyl (C=O) groups excluding carboxylic acids is 1. The van der Waals surface area contributed by atoms with Crippen LogP contribution in [0.15, 0.2) is 29.4 Å². The van der Waals surface area contributed by atoms with Gasteiger partial charge >= 0.3 is 11.8 Å². The molecule has 19 heavy (non-hydrogen) atoms. The summed E-state index contributed by atoms with van der Waals surface area (Å²) in [6.45, 7) is 0. The van der Waals surface area contributed by atoms with Crippen LogP contribution in [0.1, 0.15) is 6.42 Å². The second kappa shape index (κ2) is 5.70. The van der Waals surface area contributed by atoms with Crippen molar-refractivity contribution in [2.24, 2.45) is 0 Å². The maximum Gasteiger partial charge on any atom is 0.361 e. The number of hydrogen-bond acceptors (Lipinski definition) is 6. The minimum Gasteiger partial charge on any atom is -0.469 e. The number of nitro groups is 1. The topological polar surface area (TPSA) is 86.7 Å². The van der Waals surface area contributed by atoms with E-state index in [-0.39, 0.29) is 18.2 Å². The first-order valence-corrected chi connectivity index (χ1v) is 6.43. The highest BCUT2D eigenvalue weighted by Crippen LogP contribution is 2.29. The van der Waals surface area contributed by atoms with E-state index in [0.29, 0.717) is 16.4 Å². The fraction of sp³-hybridized carbons (Fsp3) is 0.273. The van der Waals surface area contributed by atoms with Gasteiger partial charge in [-0.2, -0.15) is 9.38 Å². The Kier molecular flexibility index (Phi) is 4.00. The van der Waals surface area contributed by atoms with Gasteiger partial charge in [-0.1, -0.05) is 17.8 Å². The molecule has 0 fully saturated rings. The quantitative estimate of drug-likeness (QED) is 0.360. The van der Waals surface area contributed by atoms with E-state index in [2.05, 4.69) is 9.72 Å². The number of pyridine rings is 1. The van der Waals surface area contributed by atoms with Gasteiger partial charge in [-0.3, -0.25) is 4.79 Å². The minimum atomic E-state index is -0.472. The van der Waals surface area contributed by atoms with Gasteiger partial charge in [0, 0.05) is 11.8 Å². The van der Waals surface area contributed by atoms with Gasteiger partial charge in [-0.05, 0) is 11.0 Å². The maximum absolute atomic E-state index is 11.1. The Morgan fingerprint density at radius 3 is 3.05 bits per heavy atom. The number of esters is 1. The first-order valence-electron chi connectivity index (χ1n) is 5.44. The second-order valence-corrected chi connectivity index (χ2v) is 4.68. The minimum absolute atomic E-state index is 0.0783. The normalized spacial score (nSPS) is 10.6. The zero-order valence-electron chi connectivity index (χ0n) is 10.1. The van der Waals surface area contributed by atoms with Crippen LogP contribution >= 0.6 is 11.8 Å². The van der Waals surface area contributed by atoms with Crippen LogP contribution in [-0.2, 0) is 9.53 Å². The number of hydrogen-bond donors (Lipinski definition) is 0. The summed E-state index contributed by atoms with van der Waals surface area (Å²) in [5.74, 6) is -0.0402. The molecule has 100 valence electrons. The molecule has 0 aliphatic heterocycles. The van der Waals surface area contributed by atoms with Crippen LogP contribution in [0.3, 0.4) is 0 Å². The fourth-order valence-corrected chi connectivity index (χ4v) is 2.48. The summed E-state index contributed by atoms with van der Waals surface area (Å²) < 4.78 is 5.93. The molecule has 2 rings (SSSR count). The third kappa shape index (κ3) is 2.84. The lowest BCUT2D eigenvalue weighted by molar-refractivity contribution is -0.393. The summed E-state index contributed by atoms with van der Waals surface area (Å²) in [7, 11) is 1.31. The van der Waals surface area contributed by atoms with Crippen LogP contribution in [0.4, 0.5) is 5.82 Å². The van der Waals surface area contributed by atoms with E-state index in [1.807, 2.05) is 0 Å². The van der Waals surface area contributed by atoms with Crippen LogP contribution < -0.4 is 0 Å². The third-order valence-corrected chi connectivity index (χ3v) is 3.38. The summed E-state index contributed by atoms with van der Waals surface area (Å²) in [5.41, 5.74) is 0.509. The van der Waals surface area contributed by atoms with Crippen molar-refractivity contribution in [3.05, 3.63) is 34.5 Å². The average Bonchev–Trinajstić information content (AvgIpc) is 2.76. The van der Waals surface area contributed by atoms with E-state index in [1.54, 1.807) is 24.4 Å². The van der Waals surface area contributed by atoms with Crippen molar-refractivity contribution in [1.82, 2.24) is 9.38 Å². The van der Waals surface area contributed by atoms with Crippen LogP contribution in [0.25, 0.3) is 5.65 Å². The molecule has 0 aliphatic carbocycles. The summed E-state index contributed by atoms with van der Waals surface area (Å²) in [6.07, 6.45) is 1.77. The molecule has 0 radical (unpaired) electrons. The number of methoxy groups -OCH3 is 1. The van der Waals surface area contributed by atoms with Crippen molar-refractivity contribution < 1.29 is 14.5 Å². The number of ether oxygens (including phenoxy) is 1. The zero-order valence-corrected chi connectivity index (χ0v) is 10.9. The monoisotopic (exact) mass is 281 g/mol. The van der Waals surface area contributed by atoms with Crippen LogP contribution in [0.5, 0.6) is 0 Å². The SMILES string of the molecule is COC(=O)CCSc1nc2ccccn2c1[N+](=O)[O-]. The van der Waals surface area contributed by atoms with Crippen molar-refractivity contribution in [1.29, 1.82) is 0 Å². The molecule has 0 aliphatic rings. The predicted molar refractivity (Wildman–Crippen MR) is 69.2 cm³/mol. The van der Waals surface area contributed by atoms with Gasteiger partial charge in [0.15, 0.2) is 5.03 Å². The smallest absolute Gasteiger partial charge is 0.361 e. The van der Waals surface area contributed by atoms with E-state index in [0.717, 1.165) is 0 Å². The van der Waals surface area contributed by atoms with Gasteiger partial charge in [-0.15, -0.1) is 0 Å². The second-order valence-electron chi connectivity index (χ2n) is 3.60. The fourth-order valence-electron chi connectivity index (χ4n) is 1.56. The van der Waals surface area contributed by atoms with Crippen molar-refractivity contribution in [2.45, 2.75) is 11.4 Å². The average molecular weight is 281 g/mol. The molecule has 0 spiro atoms. The first-order chi connectivity index (χ1) is 9.13. The number of carbonyl (C=O) groups is 1. The highest BCUT2D eigenvalue weighted by atomic mass is 32.2. The van der Waals surface area contributed by atoms with Crippen molar-refractivity contribution >= 4 is 29.2 Å². The molecule has 2 aromatic rings. The Morgan fingerprint density at radius 2 is 2.37 bits per heavy atom. The van der Waals surface area contributed by atoms with Gasteiger partial charge in [0.25, 0.3) is 0 Å².